The van der Waals surface area contributed by atoms with Gasteiger partial charge in [0.2, 0.25) is 5.91 Å². The minimum Gasteiger partial charge on any atom is -0.351 e. The molecule has 22 heavy (non-hydrogen) atoms. The standard InChI is InChI=1S/C18H16N2OS/c21-18(20-12-14-4-3-9-19-11-14)13-22-17-8-7-15-5-1-2-6-16(15)10-17/h1-11H,12-13H2,(H,20,21). The molecule has 0 aliphatic heterocycles. The quantitative estimate of drug-likeness (QED) is 0.732. The minimum atomic E-state index is 0.0296. The van der Waals surface area contributed by atoms with Crippen LogP contribution in [-0.4, -0.2) is 16.6 Å². The predicted molar refractivity (Wildman–Crippen MR) is 90.8 cm³/mol. The molecule has 0 saturated heterocycles. The number of nitrogens with one attached hydrogen (secondary N) is 1. The van der Waals surface area contributed by atoms with Gasteiger partial charge in [0.05, 0.1) is 5.75 Å². The van der Waals surface area contributed by atoms with Gasteiger partial charge in [0.15, 0.2) is 0 Å². The Kier molecular flexibility index (Phi) is 4.71. The zero-order valence-electron chi connectivity index (χ0n) is 12.0. The molecule has 0 spiro atoms. The largest absolute Gasteiger partial charge is 0.351 e. The Hall–Kier alpha value is -2.33. The van der Waals surface area contributed by atoms with E-state index < -0.39 is 0 Å². The molecular weight excluding hydrogens is 292 g/mol. The van der Waals surface area contributed by atoms with Crippen molar-refractivity contribution in [3.63, 3.8) is 0 Å². The summed E-state index contributed by atoms with van der Waals surface area (Å²) in [6, 6.07) is 18.3. The second kappa shape index (κ2) is 7.09. The average molecular weight is 308 g/mol. The fourth-order valence-corrected chi connectivity index (χ4v) is 2.93. The number of benzene rings is 2. The molecule has 3 aromatic rings. The molecule has 0 atom stereocenters. The monoisotopic (exact) mass is 308 g/mol. The zero-order valence-corrected chi connectivity index (χ0v) is 12.8. The van der Waals surface area contributed by atoms with E-state index in [9.17, 15) is 4.79 Å². The summed E-state index contributed by atoms with van der Waals surface area (Å²) >= 11 is 1.55. The van der Waals surface area contributed by atoms with Gasteiger partial charge in [-0.05, 0) is 34.5 Å². The Balaban J connectivity index is 1.53. The maximum Gasteiger partial charge on any atom is 0.230 e. The van der Waals surface area contributed by atoms with Crippen molar-refractivity contribution < 1.29 is 4.79 Å². The van der Waals surface area contributed by atoms with Crippen LogP contribution in [0.1, 0.15) is 5.56 Å². The molecule has 3 nitrogen and oxygen atoms in total. The van der Waals surface area contributed by atoms with Gasteiger partial charge in [0.1, 0.15) is 0 Å². The Bertz CT molecular complexity index is 774. The third-order valence-corrected chi connectivity index (χ3v) is 4.30. The van der Waals surface area contributed by atoms with Gasteiger partial charge in [0, 0.05) is 23.8 Å². The van der Waals surface area contributed by atoms with Crippen LogP contribution in [0.5, 0.6) is 0 Å². The van der Waals surface area contributed by atoms with Crippen molar-refractivity contribution in [3.8, 4) is 0 Å². The number of amides is 1. The molecule has 3 rings (SSSR count). The molecule has 0 aliphatic rings. The number of carbonyl (C=O) groups excluding carboxylic acids is 1. The second-order valence-corrected chi connectivity index (χ2v) is 5.98. The number of fused-ring (bicyclic) bond motifs is 1. The molecule has 0 radical (unpaired) electrons. The van der Waals surface area contributed by atoms with Crippen molar-refractivity contribution in [3.05, 3.63) is 72.6 Å². The molecule has 0 fully saturated rings. The summed E-state index contributed by atoms with van der Waals surface area (Å²) in [6.07, 6.45) is 3.48. The lowest BCUT2D eigenvalue weighted by atomic mass is 10.1. The highest BCUT2D eigenvalue weighted by molar-refractivity contribution is 8.00. The van der Waals surface area contributed by atoms with Gasteiger partial charge in [0.25, 0.3) is 0 Å². The summed E-state index contributed by atoms with van der Waals surface area (Å²) in [5, 5.41) is 5.32. The summed E-state index contributed by atoms with van der Waals surface area (Å²) in [5.41, 5.74) is 1.01. The fourth-order valence-electron chi connectivity index (χ4n) is 2.16. The van der Waals surface area contributed by atoms with Gasteiger partial charge in [-0.3, -0.25) is 9.78 Å². The number of hydrogen-bond acceptors (Lipinski definition) is 3. The average Bonchev–Trinajstić information content (AvgIpc) is 2.59. The van der Waals surface area contributed by atoms with Gasteiger partial charge in [-0.2, -0.15) is 0 Å². The van der Waals surface area contributed by atoms with Crippen molar-refractivity contribution in [2.75, 3.05) is 5.75 Å². The van der Waals surface area contributed by atoms with E-state index in [1.54, 1.807) is 24.2 Å². The predicted octanol–water partition coefficient (Wildman–Crippen LogP) is 3.64. The molecular formula is C18H16N2OS. The zero-order chi connectivity index (χ0) is 15.2. The Labute approximate surface area is 133 Å². The summed E-state index contributed by atoms with van der Waals surface area (Å²) in [6.45, 7) is 0.519. The van der Waals surface area contributed by atoms with E-state index in [1.165, 1.54) is 10.8 Å². The van der Waals surface area contributed by atoms with Crippen LogP contribution in [0.2, 0.25) is 0 Å². The van der Waals surface area contributed by atoms with Gasteiger partial charge in [-0.15, -0.1) is 11.8 Å². The molecule has 4 heteroatoms. The van der Waals surface area contributed by atoms with Crippen molar-refractivity contribution >= 4 is 28.4 Å². The van der Waals surface area contributed by atoms with Crippen LogP contribution in [0.15, 0.2) is 71.9 Å². The second-order valence-electron chi connectivity index (χ2n) is 4.94. The number of nitrogens with zero attached hydrogens (tertiary/aromatic N) is 1. The Morgan fingerprint density at radius 2 is 1.91 bits per heavy atom. The lowest BCUT2D eigenvalue weighted by Crippen LogP contribution is -2.24. The van der Waals surface area contributed by atoms with Gasteiger partial charge >= 0.3 is 0 Å². The van der Waals surface area contributed by atoms with Crippen LogP contribution < -0.4 is 5.32 Å². The molecule has 1 heterocycles. The summed E-state index contributed by atoms with van der Waals surface area (Å²) in [4.78, 5) is 17.0. The third-order valence-electron chi connectivity index (χ3n) is 3.30. The molecule has 0 bridgehead atoms. The fraction of sp³-hybridized carbons (Fsp3) is 0.111. The molecule has 1 N–H and O–H groups in total. The highest BCUT2D eigenvalue weighted by Gasteiger charge is 2.04. The first-order valence-corrected chi connectivity index (χ1v) is 8.07. The van der Waals surface area contributed by atoms with E-state index in [0.29, 0.717) is 12.3 Å². The van der Waals surface area contributed by atoms with Crippen molar-refractivity contribution in [1.82, 2.24) is 10.3 Å². The number of carbonyl (C=O) groups is 1. The van der Waals surface area contributed by atoms with E-state index in [1.807, 2.05) is 24.3 Å². The van der Waals surface area contributed by atoms with Crippen LogP contribution >= 0.6 is 11.8 Å². The Morgan fingerprint density at radius 3 is 2.73 bits per heavy atom. The molecule has 2 aromatic carbocycles. The van der Waals surface area contributed by atoms with Gasteiger partial charge in [-0.25, -0.2) is 0 Å². The van der Waals surface area contributed by atoms with E-state index in [-0.39, 0.29) is 5.91 Å². The Morgan fingerprint density at radius 1 is 1.05 bits per heavy atom. The normalized spacial score (nSPS) is 10.5. The first-order chi connectivity index (χ1) is 10.8. The summed E-state index contributed by atoms with van der Waals surface area (Å²) < 4.78 is 0. The molecule has 110 valence electrons. The van der Waals surface area contributed by atoms with E-state index >= 15 is 0 Å². The number of hydrogen-bond donors (Lipinski definition) is 1. The minimum absolute atomic E-state index is 0.0296. The highest BCUT2D eigenvalue weighted by Crippen LogP contribution is 2.23. The van der Waals surface area contributed by atoms with Crippen LogP contribution in [0.4, 0.5) is 0 Å². The number of aromatic nitrogens is 1. The first kappa shape index (κ1) is 14.6. The van der Waals surface area contributed by atoms with Crippen molar-refractivity contribution in [2.45, 2.75) is 11.4 Å². The summed E-state index contributed by atoms with van der Waals surface area (Å²) in [5.74, 6) is 0.445. The van der Waals surface area contributed by atoms with Gasteiger partial charge in [-0.1, -0.05) is 36.4 Å². The lowest BCUT2D eigenvalue weighted by molar-refractivity contribution is -0.118. The number of thioether (sulfide) groups is 1. The maximum atomic E-state index is 11.9. The van der Waals surface area contributed by atoms with Crippen LogP contribution in [0.3, 0.4) is 0 Å². The first-order valence-electron chi connectivity index (χ1n) is 7.08. The van der Waals surface area contributed by atoms with Crippen LogP contribution in [-0.2, 0) is 11.3 Å². The topological polar surface area (TPSA) is 42.0 Å². The highest BCUT2D eigenvalue weighted by atomic mass is 32.2. The molecule has 0 aliphatic carbocycles. The molecule has 0 saturated carbocycles. The van der Waals surface area contributed by atoms with Gasteiger partial charge < -0.3 is 5.32 Å². The van der Waals surface area contributed by atoms with Crippen molar-refractivity contribution in [1.29, 1.82) is 0 Å². The molecule has 1 aromatic heterocycles. The molecule has 1 amide bonds. The molecule has 0 unspecified atom stereocenters. The summed E-state index contributed by atoms with van der Waals surface area (Å²) in [7, 11) is 0. The third kappa shape index (κ3) is 3.86. The lowest BCUT2D eigenvalue weighted by Gasteiger charge is -2.06. The van der Waals surface area contributed by atoms with Crippen LogP contribution in [0, 0.1) is 0 Å². The van der Waals surface area contributed by atoms with E-state index in [0.717, 1.165) is 10.5 Å². The van der Waals surface area contributed by atoms with Crippen LogP contribution in [0.25, 0.3) is 10.8 Å². The smallest absolute Gasteiger partial charge is 0.230 e. The van der Waals surface area contributed by atoms with Crippen molar-refractivity contribution in [2.24, 2.45) is 0 Å². The van der Waals surface area contributed by atoms with E-state index in [2.05, 4.69) is 40.6 Å². The van der Waals surface area contributed by atoms with E-state index in [4.69, 9.17) is 0 Å². The maximum absolute atomic E-state index is 11.9. The number of pyridine rings is 1. The SMILES string of the molecule is O=C(CSc1ccc2ccccc2c1)NCc1cccnc1. The number of rotatable bonds is 5.